The van der Waals surface area contributed by atoms with Gasteiger partial charge in [-0.3, -0.25) is 24.1 Å². The monoisotopic (exact) mass is 1050 g/mol. The van der Waals surface area contributed by atoms with Gasteiger partial charge in [0.15, 0.2) is 5.78 Å². The van der Waals surface area contributed by atoms with Crippen LogP contribution in [0.5, 0.6) is 0 Å². The van der Waals surface area contributed by atoms with Gasteiger partial charge in [-0.1, -0.05) is 151 Å². The molecule has 2 saturated heterocycles. The number of nitrogens with zero attached hydrogens (tertiary/aromatic N) is 6. The summed E-state index contributed by atoms with van der Waals surface area (Å²) in [5.41, 5.74) is 10.6. The van der Waals surface area contributed by atoms with E-state index in [0.29, 0.717) is 14.0 Å². The second-order valence-electron chi connectivity index (χ2n) is 16.9. The molecule has 2 aliphatic heterocycles. The number of Topliss-reactive ketones (excluding diaryl/α,β-unsaturated/α-hetero) is 1. The number of hydrogen-bond acceptors (Lipinski definition) is 13. The second kappa shape index (κ2) is 23.1. The molecule has 2 aliphatic rings. The van der Waals surface area contributed by atoms with Gasteiger partial charge in [0.25, 0.3) is 5.91 Å². The number of carboxylic acid groups (broad SMARTS) is 2. The number of carbonyl (C=O) groups is 4. The topological polar surface area (TPSA) is 146 Å². The van der Waals surface area contributed by atoms with Crippen molar-refractivity contribution < 1.29 is 29.4 Å². The molecule has 74 heavy (non-hydrogen) atoms. The van der Waals surface area contributed by atoms with Gasteiger partial charge in [0, 0.05) is 17.1 Å². The number of aliphatic carboxylic acids is 2. The van der Waals surface area contributed by atoms with Gasteiger partial charge in [-0.25, -0.2) is 10.0 Å². The summed E-state index contributed by atoms with van der Waals surface area (Å²) in [5, 5.41) is 32.0. The van der Waals surface area contributed by atoms with Crippen molar-refractivity contribution in [1.29, 1.82) is 0 Å². The zero-order chi connectivity index (χ0) is 51.7. The number of thioether (sulfide) groups is 2. The summed E-state index contributed by atoms with van der Waals surface area (Å²) in [6.45, 7) is 1.58. The normalized spacial score (nSPS) is 15.7. The van der Waals surface area contributed by atoms with Gasteiger partial charge >= 0.3 is 11.9 Å². The Labute approximate surface area is 446 Å². The molecule has 7 aromatic carbocycles. The Hall–Kier alpha value is -8.28. The minimum atomic E-state index is -1.13. The highest BCUT2D eigenvalue weighted by atomic mass is 32.2. The van der Waals surface area contributed by atoms with E-state index in [2.05, 4.69) is 60.4 Å². The summed E-state index contributed by atoms with van der Waals surface area (Å²) in [6.07, 6.45) is 6.76. The zero-order valence-electron chi connectivity index (χ0n) is 39.5. The summed E-state index contributed by atoms with van der Waals surface area (Å²) in [6, 6.07) is 59.5. The molecule has 2 N–H and O–H groups in total. The Bertz CT molecular complexity index is 3170. The molecule has 7 aromatic rings. The number of hydrogen-bond donors (Lipinski definition) is 2. The molecule has 1 unspecified atom stereocenters. The molecule has 1 amide bonds. The van der Waals surface area contributed by atoms with Gasteiger partial charge < -0.3 is 15.1 Å². The molecular formula is C58H44N6O6S4. The van der Waals surface area contributed by atoms with E-state index in [1.165, 1.54) is 0 Å². The van der Waals surface area contributed by atoms with Crippen LogP contribution in [0.2, 0.25) is 0 Å². The van der Waals surface area contributed by atoms with Crippen molar-refractivity contribution in [3.05, 3.63) is 220 Å². The molecule has 0 aromatic heterocycles. The molecule has 0 spiro atoms. The fourth-order valence-corrected chi connectivity index (χ4v) is 10.7. The smallest absolute Gasteiger partial charge is 0.323 e. The molecule has 0 bridgehead atoms. The van der Waals surface area contributed by atoms with Crippen LogP contribution in [0.1, 0.15) is 34.2 Å². The number of ketones is 1. The molecule has 366 valence electrons. The van der Waals surface area contributed by atoms with Crippen LogP contribution in [0.3, 0.4) is 0 Å². The first-order valence-corrected chi connectivity index (χ1v) is 25.5. The third-order valence-corrected chi connectivity index (χ3v) is 14.6. The quantitative estimate of drug-likeness (QED) is 0.0386. The lowest BCUT2D eigenvalue weighted by Crippen LogP contribution is -2.33. The van der Waals surface area contributed by atoms with Crippen LogP contribution in [0, 0.1) is 12.8 Å². The molecule has 16 heteroatoms. The largest absolute Gasteiger partial charge is 0.481 e. The fraction of sp³-hybridized carbons (Fsp3) is 0.0690. The van der Waals surface area contributed by atoms with Crippen molar-refractivity contribution in [2.75, 3.05) is 21.5 Å². The number of amides is 1. The summed E-state index contributed by atoms with van der Waals surface area (Å²) in [7, 11) is 0. The lowest BCUT2D eigenvalue weighted by atomic mass is 10.0. The van der Waals surface area contributed by atoms with Crippen LogP contribution >= 0.6 is 48.0 Å². The average Bonchev–Trinajstić information content (AvgIpc) is 3.82. The minimum absolute atomic E-state index is 0.213. The third kappa shape index (κ3) is 12.1. The predicted octanol–water partition coefficient (Wildman–Crippen LogP) is 13.2. The Morgan fingerprint density at radius 2 is 0.946 bits per heavy atom. The maximum atomic E-state index is 13.0. The van der Waals surface area contributed by atoms with Crippen molar-refractivity contribution in [3.8, 4) is 0 Å². The van der Waals surface area contributed by atoms with Crippen molar-refractivity contribution >= 4 is 144 Å². The maximum absolute atomic E-state index is 13.0. The predicted molar refractivity (Wildman–Crippen MR) is 308 cm³/mol. The van der Waals surface area contributed by atoms with Gasteiger partial charge in [0.1, 0.15) is 10.9 Å². The second-order valence-corrected chi connectivity index (χ2v) is 20.4. The number of rotatable bonds is 17. The standard InChI is InChI=1S/C58H44N6O6S4/c1-38-12-22-43(23-13-38)62(44-24-18-41(19-25-44)35-59-63(46-8-4-2-5-9-46)48-28-14-39(15-29-48)32-51-55(69)50(34-53(65)66)57(71)73-51)45-26-20-42(21-27-45)36-60-64(47-10-6-3-7-11-47)49-30-16-40(17-31-49)33-52-56(70)61(37-54(67)68)58(72)74-52/h2-33,35-36,50H,34,37H2,1H3,(H,65,66)(H,67,68)/b51-32-,52-33-,59-35+,60-36+. The van der Waals surface area contributed by atoms with E-state index in [4.69, 9.17) is 34.6 Å². The number of para-hydroxylation sites is 2. The third-order valence-electron chi connectivity index (χ3n) is 11.7. The maximum Gasteiger partial charge on any atom is 0.323 e. The van der Waals surface area contributed by atoms with E-state index in [9.17, 15) is 29.4 Å². The molecular weight excluding hydrogens is 1000 g/mol. The highest BCUT2D eigenvalue weighted by molar-refractivity contribution is 8.27. The highest BCUT2D eigenvalue weighted by Gasteiger charge is 2.37. The summed E-state index contributed by atoms with van der Waals surface area (Å²) in [4.78, 5) is 52.5. The number of anilines is 7. The van der Waals surface area contributed by atoms with E-state index < -0.39 is 30.3 Å². The van der Waals surface area contributed by atoms with Crippen molar-refractivity contribution in [1.82, 2.24) is 4.90 Å². The number of carboxylic acids is 2. The van der Waals surface area contributed by atoms with Gasteiger partial charge in [-0.15, -0.1) is 0 Å². The number of allylic oxidation sites excluding steroid dienone is 1. The fourth-order valence-electron chi connectivity index (χ4n) is 7.97. The van der Waals surface area contributed by atoms with Crippen LogP contribution in [-0.4, -0.2) is 66.2 Å². The van der Waals surface area contributed by atoms with E-state index in [0.717, 1.165) is 96.1 Å². The number of thiocarbonyl (C=S) groups is 2. The van der Waals surface area contributed by atoms with Crippen LogP contribution in [-0.2, 0) is 19.2 Å². The minimum Gasteiger partial charge on any atom is -0.481 e. The first-order chi connectivity index (χ1) is 35.9. The average molecular weight is 1050 g/mol. The van der Waals surface area contributed by atoms with Gasteiger partial charge in [0.2, 0.25) is 0 Å². The summed E-state index contributed by atoms with van der Waals surface area (Å²) in [5.74, 6) is -3.68. The first kappa shape index (κ1) is 50.7. The number of benzene rings is 7. The van der Waals surface area contributed by atoms with E-state index >= 15 is 0 Å². The van der Waals surface area contributed by atoms with Crippen molar-refractivity contribution in [2.24, 2.45) is 16.1 Å². The highest BCUT2D eigenvalue weighted by Crippen LogP contribution is 2.39. The Morgan fingerprint density at radius 1 is 0.541 bits per heavy atom. The number of carbonyl (C=O) groups excluding carboxylic acids is 2. The molecule has 0 saturated carbocycles. The van der Waals surface area contributed by atoms with Crippen LogP contribution in [0.25, 0.3) is 12.2 Å². The van der Waals surface area contributed by atoms with Gasteiger partial charge in [0.05, 0.1) is 61.5 Å². The number of aryl methyl sites for hydroxylation is 1. The van der Waals surface area contributed by atoms with Crippen LogP contribution < -0.4 is 14.9 Å². The molecule has 0 radical (unpaired) electrons. The van der Waals surface area contributed by atoms with Gasteiger partial charge in [-0.05, 0) is 126 Å². The van der Waals surface area contributed by atoms with Crippen molar-refractivity contribution in [2.45, 2.75) is 13.3 Å². The van der Waals surface area contributed by atoms with Crippen LogP contribution in [0.4, 0.5) is 39.8 Å². The lowest BCUT2D eigenvalue weighted by Gasteiger charge is -2.26. The Balaban J connectivity index is 0.933. The first-order valence-electron chi connectivity index (χ1n) is 23.1. The van der Waals surface area contributed by atoms with Crippen LogP contribution in [0.15, 0.2) is 202 Å². The summed E-state index contributed by atoms with van der Waals surface area (Å²) < 4.78 is 0.592. The summed E-state index contributed by atoms with van der Waals surface area (Å²) >= 11 is 12.8. The molecule has 0 aliphatic carbocycles. The van der Waals surface area contributed by atoms with E-state index in [1.807, 2.05) is 156 Å². The molecule has 12 nitrogen and oxygen atoms in total. The molecule has 2 fully saturated rings. The lowest BCUT2D eigenvalue weighted by molar-refractivity contribution is -0.140. The zero-order valence-corrected chi connectivity index (χ0v) is 42.7. The Morgan fingerprint density at radius 3 is 1.39 bits per heavy atom. The van der Waals surface area contributed by atoms with E-state index in [-0.39, 0.29) is 16.5 Å². The molecule has 1 atom stereocenters. The molecule has 2 heterocycles. The Kier molecular flexibility index (Phi) is 15.8. The molecule has 9 rings (SSSR count). The van der Waals surface area contributed by atoms with E-state index in [1.54, 1.807) is 12.2 Å². The SMILES string of the molecule is Cc1ccc(N(c2ccc(/C=N/N(c3ccccc3)c3ccc(/C=C4\SC(=S)C(CC(=O)O)C4=O)cc3)cc2)c2ccc(/C=N/N(c3ccccc3)c3ccc(/C=C4\SC(=S)N(CC(=O)O)C4=O)cc3)cc2)cc1. The number of hydrazone groups is 2. The van der Waals surface area contributed by atoms with Gasteiger partial charge in [-0.2, -0.15) is 10.2 Å². The van der Waals surface area contributed by atoms with Crippen molar-refractivity contribution in [3.63, 3.8) is 0 Å².